The van der Waals surface area contributed by atoms with Crippen LogP contribution in [-0.2, 0) is 16.0 Å². The zero-order valence-electron chi connectivity index (χ0n) is 15.6. The van der Waals surface area contributed by atoms with Crippen LogP contribution in [0.25, 0.3) is 0 Å². The van der Waals surface area contributed by atoms with Crippen LogP contribution >= 0.6 is 0 Å². The number of hydrogen-bond donors (Lipinski definition) is 1. The number of benzene rings is 1. The molecule has 0 saturated heterocycles. The molecule has 0 aromatic heterocycles. The number of aliphatic hydroxyl groups is 1. The molecule has 0 radical (unpaired) electrons. The van der Waals surface area contributed by atoms with Gasteiger partial charge in [-0.2, -0.15) is 0 Å². The molecule has 4 nitrogen and oxygen atoms in total. The van der Waals surface area contributed by atoms with E-state index in [4.69, 9.17) is 4.74 Å². The molecule has 1 unspecified atom stereocenters. The number of ketones is 1. The van der Waals surface area contributed by atoms with Gasteiger partial charge in [0.1, 0.15) is 11.5 Å². The van der Waals surface area contributed by atoms with Gasteiger partial charge in [-0.3, -0.25) is 4.79 Å². The fraction of sp³-hybridized carbons (Fsp3) is 0.619. The molecule has 0 heterocycles. The average molecular weight is 348 g/mol. The smallest absolute Gasteiger partial charge is 0.311 e. The summed E-state index contributed by atoms with van der Waals surface area (Å²) in [6, 6.07) is 7.24. The maximum Gasteiger partial charge on any atom is 0.311 e. The topological polar surface area (TPSA) is 63.6 Å². The highest BCUT2D eigenvalue weighted by molar-refractivity contribution is 5.75. The summed E-state index contributed by atoms with van der Waals surface area (Å²) < 4.78 is 5.29. The first-order valence-corrected chi connectivity index (χ1v) is 9.48. The van der Waals surface area contributed by atoms with Gasteiger partial charge in [-0.1, -0.05) is 51.2 Å². The molecule has 1 atom stereocenters. The number of carbonyl (C=O) groups excluding carboxylic acids is 2. The fourth-order valence-corrected chi connectivity index (χ4v) is 2.64. The molecule has 0 bridgehead atoms. The lowest BCUT2D eigenvalue weighted by Crippen LogP contribution is -2.13. The summed E-state index contributed by atoms with van der Waals surface area (Å²) in [6.07, 6.45) is 8.05. The van der Waals surface area contributed by atoms with E-state index < -0.39 is 6.10 Å². The van der Waals surface area contributed by atoms with Gasteiger partial charge in [-0.15, -0.1) is 0 Å². The van der Waals surface area contributed by atoms with Gasteiger partial charge >= 0.3 is 5.97 Å². The largest absolute Gasteiger partial charge is 0.427 e. The van der Waals surface area contributed by atoms with Gasteiger partial charge in [0.05, 0.1) is 6.10 Å². The SMILES string of the molecule is CCCCCCCC(O)CCC(=O)Oc1ccc(CCC(C)=O)cc1. The lowest BCUT2D eigenvalue weighted by atomic mass is 10.0. The molecule has 140 valence electrons. The van der Waals surface area contributed by atoms with Crippen LogP contribution < -0.4 is 4.74 Å². The van der Waals surface area contributed by atoms with Crippen molar-refractivity contribution < 1.29 is 19.4 Å². The van der Waals surface area contributed by atoms with Gasteiger partial charge in [0.2, 0.25) is 0 Å². The standard InChI is InChI=1S/C21H32O4/c1-3-4-5-6-7-8-19(23)13-16-21(24)25-20-14-11-18(12-15-20)10-9-17(2)22/h11-12,14-15,19,23H,3-10,13,16H2,1-2H3. The summed E-state index contributed by atoms with van der Waals surface area (Å²) in [5.74, 6) is 0.353. The maximum absolute atomic E-state index is 11.9. The number of Topliss-reactive ketones (excluding diaryl/α,β-unsaturated/α-hetero) is 1. The molecule has 1 rings (SSSR count). The van der Waals surface area contributed by atoms with Crippen molar-refractivity contribution >= 4 is 11.8 Å². The highest BCUT2D eigenvalue weighted by atomic mass is 16.5. The lowest BCUT2D eigenvalue weighted by molar-refractivity contribution is -0.135. The zero-order chi connectivity index (χ0) is 18.5. The van der Waals surface area contributed by atoms with Crippen LogP contribution in [0.1, 0.15) is 77.2 Å². The van der Waals surface area contributed by atoms with Crippen molar-refractivity contribution in [1.82, 2.24) is 0 Å². The Kier molecular flexibility index (Phi) is 10.8. The molecule has 0 aliphatic rings. The Balaban J connectivity index is 2.21. The monoisotopic (exact) mass is 348 g/mol. The molecule has 0 aliphatic carbocycles. The summed E-state index contributed by atoms with van der Waals surface area (Å²) in [7, 11) is 0. The van der Waals surface area contributed by atoms with Crippen molar-refractivity contribution in [3.63, 3.8) is 0 Å². The van der Waals surface area contributed by atoms with Crippen molar-refractivity contribution in [1.29, 1.82) is 0 Å². The average Bonchev–Trinajstić information content (AvgIpc) is 2.59. The zero-order valence-corrected chi connectivity index (χ0v) is 15.6. The van der Waals surface area contributed by atoms with Gasteiger partial charge in [0.15, 0.2) is 0 Å². The van der Waals surface area contributed by atoms with Crippen LogP contribution in [-0.4, -0.2) is 23.0 Å². The number of ether oxygens (including phenoxy) is 1. The summed E-state index contributed by atoms with van der Waals surface area (Å²) in [5.41, 5.74) is 1.05. The Morgan fingerprint density at radius 1 is 1.00 bits per heavy atom. The van der Waals surface area contributed by atoms with Gasteiger partial charge in [0, 0.05) is 12.8 Å². The van der Waals surface area contributed by atoms with Crippen LogP contribution in [0.5, 0.6) is 5.75 Å². The van der Waals surface area contributed by atoms with Crippen molar-refractivity contribution in [3.8, 4) is 5.75 Å². The van der Waals surface area contributed by atoms with Gasteiger partial charge in [-0.05, 0) is 43.9 Å². The summed E-state index contributed by atoms with van der Waals surface area (Å²) in [4.78, 5) is 22.8. The predicted molar refractivity (Wildman–Crippen MR) is 99.7 cm³/mol. The van der Waals surface area contributed by atoms with E-state index in [2.05, 4.69) is 6.92 Å². The van der Waals surface area contributed by atoms with Crippen molar-refractivity contribution in [3.05, 3.63) is 29.8 Å². The van der Waals surface area contributed by atoms with E-state index in [0.29, 0.717) is 25.0 Å². The van der Waals surface area contributed by atoms with Crippen molar-refractivity contribution in [2.24, 2.45) is 0 Å². The second-order valence-corrected chi connectivity index (χ2v) is 6.72. The normalized spacial score (nSPS) is 12.0. The number of esters is 1. The minimum Gasteiger partial charge on any atom is -0.427 e. The molecule has 0 amide bonds. The van der Waals surface area contributed by atoms with Gasteiger partial charge in [0.25, 0.3) is 0 Å². The van der Waals surface area contributed by atoms with Crippen LogP contribution in [0.4, 0.5) is 0 Å². The molecular weight excluding hydrogens is 316 g/mol. The Morgan fingerprint density at radius 3 is 2.32 bits per heavy atom. The third-order valence-corrected chi connectivity index (χ3v) is 4.24. The van der Waals surface area contributed by atoms with Gasteiger partial charge in [-0.25, -0.2) is 0 Å². The van der Waals surface area contributed by atoms with Crippen LogP contribution in [0.3, 0.4) is 0 Å². The number of hydrogen-bond acceptors (Lipinski definition) is 4. The molecule has 0 saturated carbocycles. The molecule has 1 N–H and O–H groups in total. The molecule has 0 fully saturated rings. The Hall–Kier alpha value is -1.68. The van der Waals surface area contributed by atoms with E-state index in [9.17, 15) is 14.7 Å². The van der Waals surface area contributed by atoms with Crippen LogP contribution in [0.15, 0.2) is 24.3 Å². The minimum atomic E-state index is -0.428. The molecule has 0 aliphatic heterocycles. The van der Waals surface area contributed by atoms with Crippen LogP contribution in [0, 0.1) is 0 Å². The Labute approximate surface area is 151 Å². The van der Waals surface area contributed by atoms with Gasteiger partial charge < -0.3 is 14.6 Å². The van der Waals surface area contributed by atoms with E-state index in [-0.39, 0.29) is 18.2 Å². The van der Waals surface area contributed by atoms with Crippen molar-refractivity contribution in [2.75, 3.05) is 0 Å². The van der Waals surface area contributed by atoms with E-state index in [1.807, 2.05) is 12.1 Å². The molecular formula is C21H32O4. The molecule has 1 aromatic carbocycles. The summed E-state index contributed by atoms with van der Waals surface area (Å²) in [6.45, 7) is 3.76. The molecule has 0 spiro atoms. The Bertz CT molecular complexity index is 507. The van der Waals surface area contributed by atoms with E-state index in [0.717, 1.165) is 24.8 Å². The van der Waals surface area contributed by atoms with E-state index in [1.54, 1.807) is 19.1 Å². The highest BCUT2D eigenvalue weighted by Gasteiger charge is 2.10. The summed E-state index contributed by atoms with van der Waals surface area (Å²) >= 11 is 0. The number of aliphatic hydroxyl groups excluding tert-OH is 1. The predicted octanol–water partition coefficient (Wildman–Crippen LogP) is 4.62. The highest BCUT2D eigenvalue weighted by Crippen LogP contribution is 2.16. The third kappa shape index (κ3) is 10.7. The first-order valence-electron chi connectivity index (χ1n) is 9.48. The summed E-state index contributed by atoms with van der Waals surface area (Å²) in [5, 5.41) is 9.93. The number of aryl methyl sites for hydroxylation is 1. The molecule has 1 aromatic rings. The minimum absolute atomic E-state index is 0.166. The lowest BCUT2D eigenvalue weighted by Gasteiger charge is -2.10. The number of carbonyl (C=O) groups is 2. The second-order valence-electron chi connectivity index (χ2n) is 6.72. The fourth-order valence-electron chi connectivity index (χ4n) is 2.64. The number of unbranched alkanes of at least 4 members (excludes halogenated alkanes) is 4. The Morgan fingerprint density at radius 2 is 1.68 bits per heavy atom. The molecule has 25 heavy (non-hydrogen) atoms. The van der Waals surface area contributed by atoms with E-state index >= 15 is 0 Å². The van der Waals surface area contributed by atoms with Crippen LogP contribution in [0.2, 0.25) is 0 Å². The van der Waals surface area contributed by atoms with E-state index in [1.165, 1.54) is 19.3 Å². The second kappa shape index (κ2) is 12.6. The quantitative estimate of drug-likeness (QED) is 0.321. The first kappa shape index (κ1) is 21.4. The third-order valence-electron chi connectivity index (χ3n) is 4.24. The maximum atomic E-state index is 11.9. The first-order chi connectivity index (χ1) is 12.0. The van der Waals surface area contributed by atoms with Crippen molar-refractivity contribution in [2.45, 2.75) is 84.2 Å². The number of rotatable bonds is 13. The molecule has 4 heteroatoms.